The number of benzene rings is 1. The third-order valence-corrected chi connectivity index (χ3v) is 7.00. The number of amides is 1. The maximum Gasteiger partial charge on any atom is 0.256 e. The minimum absolute atomic E-state index is 0.0364. The van der Waals surface area contributed by atoms with E-state index in [1.54, 1.807) is 42.2 Å². The fourth-order valence-corrected chi connectivity index (χ4v) is 5.48. The second kappa shape index (κ2) is 7.22. The molecule has 1 amide bonds. The molecule has 0 saturated carbocycles. The number of aromatic nitrogens is 1. The summed E-state index contributed by atoms with van der Waals surface area (Å²) >= 11 is 6.08. The Kier molecular flexibility index (Phi) is 4.89. The number of furan rings is 1. The van der Waals surface area contributed by atoms with E-state index >= 15 is 0 Å². The van der Waals surface area contributed by atoms with Crippen molar-refractivity contribution in [2.24, 2.45) is 0 Å². The van der Waals surface area contributed by atoms with E-state index in [0.717, 1.165) is 10.9 Å². The molecule has 1 aliphatic heterocycles. The number of nitrogens with zero attached hydrogens (tertiary/aromatic N) is 2. The van der Waals surface area contributed by atoms with E-state index in [-0.39, 0.29) is 24.0 Å². The van der Waals surface area contributed by atoms with Gasteiger partial charge in [-0.05, 0) is 49.7 Å². The molecule has 1 saturated heterocycles. The molecular formula is C20H19ClN2O4S. The number of halogens is 1. The highest BCUT2D eigenvalue weighted by molar-refractivity contribution is 7.91. The molecule has 4 rings (SSSR count). The van der Waals surface area contributed by atoms with Crippen LogP contribution in [0.5, 0.6) is 0 Å². The summed E-state index contributed by atoms with van der Waals surface area (Å²) in [5, 5.41) is 1.32. The number of hydrogen-bond donors (Lipinski definition) is 0. The summed E-state index contributed by atoms with van der Waals surface area (Å²) in [6.45, 7) is 1.98. The van der Waals surface area contributed by atoms with Crippen molar-refractivity contribution in [2.75, 3.05) is 11.5 Å². The Balaban J connectivity index is 1.74. The second-order valence-corrected chi connectivity index (χ2v) is 9.69. The second-order valence-electron chi connectivity index (χ2n) is 7.03. The molecule has 0 bridgehead atoms. The lowest BCUT2D eigenvalue weighted by molar-refractivity contribution is 0.0665. The van der Waals surface area contributed by atoms with Gasteiger partial charge in [0.05, 0.1) is 41.1 Å². The summed E-state index contributed by atoms with van der Waals surface area (Å²) in [4.78, 5) is 19.5. The van der Waals surface area contributed by atoms with Crippen LogP contribution >= 0.6 is 11.6 Å². The zero-order valence-electron chi connectivity index (χ0n) is 15.3. The van der Waals surface area contributed by atoms with E-state index in [0.29, 0.717) is 28.5 Å². The first-order valence-electron chi connectivity index (χ1n) is 8.93. The molecule has 0 spiro atoms. The standard InChI is InChI=1S/C20H19ClN2O4S/c1-13-18(10-14-9-15(21)4-5-19(14)22-13)20(24)23(11-17-3-2-7-27-17)16-6-8-28(25,26)12-16/h2-5,7,9-10,16H,6,8,11-12H2,1H3/t16-/m1/s1. The molecule has 1 fully saturated rings. The number of aryl methyl sites for hydroxylation is 1. The monoisotopic (exact) mass is 418 g/mol. The van der Waals surface area contributed by atoms with Gasteiger partial charge in [-0.2, -0.15) is 0 Å². The molecule has 6 nitrogen and oxygen atoms in total. The van der Waals surface area contributed by atoms with E-state index in [4.69, 9.17) is 16.0 Å². The van der Waals surface area contributed by atoms with Crippen LogP contribution in [-0.4, -0.2) is 41.8 Å². The molecule has 1 aromatic carbocycles. The summed E-state index contributed by atoms with van der Waals surface area (Å²) in [5.41, 5.74) is 1.77. The van der Waals surface area contributed by atoms with E-state index in [1.165, 1.54) is 6.26 Å². The first-order valence-corrected chi connectivity index (χ1v) is 11.1. The van der Waals surface area contributed by atoms with Crippen LogP contribution in [0.1, 0.15) is 28.2 Å². The Morgan fingerprint density at radius 3 is 2.82 bits per heavy atom. The lowest BCUT2D eigenvalue weighted by Gasteiger charge is -2.28. The van der Waals surface area contributed by atoms with Gasteiger partial charge in [-0.15, -0.1) is 0 Å². The van der Waals surface area contributed by atoms with Crippen LogP contribution in [0, 0.1) is 6.92 Å². The highest BCUT2D eigenvalue weighted by atomic mass is 35.5. The third kappa shape index (κ3) is 3.77. The largest absolute Gasteiger partial charge is 0.467 e. The molecule has 3 aromatic rings. The van der Waals surface area contributed by atoms with Gasteiger partial charge >= 0.3 is 0 Å². The fraction of sp³-hybridized carbons (Fsp3) is 0.300. The first-order chi connectivity index (χ1) is 13.3. The van der Waals surface area contributed by atoms with Gasteiger partial charge in [-0.25, -0.2) is 8.42 Å². The minimum atomic E-state index is -3.14. The summed E-state index contributed by atoms with van der Waals surface area (Å²) < 4.78 is 29.4. The minimum Gasteiger partial charge on any atom is -0.467 e. The average molecular weight is 419 g/mol. The zero-order valence-corrected chi connectivity index (χ0v) is 16.8. The van der Waals surface area contributed by atoms with Crippen molar-refractivity contribution in [3.63, 3.8) is 0 Å². The van der Waals surface area contributed by atoms with Gasteiger partial charge < -0.3 is 9.32 Å². The predicted molar refractivity (Wildman–Crippen MR) is 107 cm³/mol. The Morgan fingerprint density at radius 1 is 1.32 bits per heavy atom. The lowest BCUT2D eigenvalue weighted by Crippen LogP contribution is -2.41. The van der Waals surface area contributed by atoms with Crippen molar-refractivity contribution in [1.29, 1.82) is 0 Å². The van der Waals surface area contributed by atoms with Gasteiger partial charge in [0.15, 0.2) is 9.84 Å². The molecule has 3 heterocycles. The zero-order chi connectivity index (χ0) is 19.9. The number of rotatable bonds is 4. The summed E-state index contributed by atoms with van der Waals surface area (Å²) in [6.07, 6.45) is 1.95. The lowest BCUT2D eigenvalue weighted by atomic mass is 10.1. The number of carbonyl (C=O) groups is 1. The molecule has 0 aliphatic carbocycles. The quantitative estimate of drug-likeness (QED) is 0.646. The molecule has 1 atom stereocenters. The molecule has 1 aliphatic rings. The number of carbonyl (C=O) groups excluding carboxylic acids is 1. The van der Waals surface area contributed by atoms with Gasteiger partial charge in [-0.3, -0.25) is 9.78 Å². The van der Waals surface area contributed by atoms with E-state index in [1.807, 2.05) is 6.07 Å². The molecule has 0 N–H and O–H groups in total. The van der Waals surface area contributed by atoms with Crippen LogP contribution in [0.3, 0.4) is 0 Å². The van der Waals surface area contributed by atoms with Gasteiger partial charge in [0, 0.05) is 16.5 Å². The molecule has 0 unspecified atom stereocenters. The molecular weight excluding hydrogens is 400 g/mol. The smallest absolute Gasteiger partial charge is 0.256 e. The maximum atomic E-state index is 13.4. The van der Waals surface area contributed by atoms with Gasteiger partial charge in [0.25, 0.3) is 5.91 Å². The number of fused-ring (bicyclic) bond motifs is 1. The van der Waals surface area contributed by atoms with Gasteiger partial charge in [0.1, 0.15) is 5.76 Å². The van der Waals surface area contributed by atoms with Gasteiger partial charge in [-0.1, -0.05) is 11.6 Å². The van der Waals surface area contributed by atoms with Crippen molar-refractivity contribution >= 4 is 38.2 Å². The molecule has 28 heavy (non-hydrogen) atoms. The van der Waals surface area contributed by atoms with E-state index < -0.39 is 15.9 Å². The summed E-state index contributed by atoms with van der Waals surface area (Å²) in [5.74, 6) is 0.396. The molecule has 8 heteroatoms. The SMILES string of the molecule is Cc1nc2ccc(Cl)cc2cc1C(=O)N(Cc1ccco1)[C@@H]1CCS(=O)(=O)C1. The maximum absolute atomic E-state index is 13.4. The Labute approximate surface area is 168 Å². The molecule has 2 aromatic heterocycles. The number of hydrogen-bond acceptors (Lipinski definition) is 5. The molecule has 0 radical (unpaired) electrons. The topological polar surface area (TPSA) is 80.5 Å². The van der Waals surface area contributed by atoms with Crippen molar-refractivity contribution in [3.05, 3.63) is 64.7 Å². The Morgan fingerprint density at radius 2 is 2.14 bits per heavy atom. The first kappa shape index (κ1) is 19.0. The summed E-state index contributed by atoms with van der Waals surface area (Å²) in [7, 11) is -3.14. The normalized spacial score (nSPS) is 18.4. The van der Waals surface area contributed by atoms with Crippen molar-refractivity contribution in [2.45, 2.75) is 25.9 Å². The van der Waals surface area contributed by atoms with Crippen LogP contribution in [0.25, 0.3) is 10.9 Å². The summed E-state index contributed by atoms with van der Waals surface area (Å²) in [6, 6.07) is 10.2. The van der Waals surface area contributed by atoms with E-state index in [2.05, 4.69) is 4.98 Å². The highest BCUT2D eigenvalue weighted by Gasteiger charge is 2.36. The number of pyridine rings is 1. The van der Waals surface area contributed by atoms with E-state index in [9.17, 15) is 13.2 Å². The van der Waals surface area contributed by atoms with Crippen molar-refractivity contribution < 1.29 is 17.6 Å². The van der Waals surface area contributed by atoms with Crippen LogP contribution < -0.4 is 0 Å². The predicted octanol–water partition coefficient (Wildman–Crippen LogP) is 3.62. The molecule has 146 valence electrons. The fourth-order valence-electron chi connectivity index (χ4n) is 3.57. The number of sulfone groups is 1. The Hall–Kier alpha value is -2.38. The van der Waals surface area contributed by atoms with Crippen LogP contribution in [0.2, 0.25) is 5.02 Å². The van der Waals surface area contributed by atoms with Crippen LogP contribution in [0.15, 0.2) is 47.1 Å². The average Bonchev–Trinajstić information content (AvgIpc) is 3.28. The highest BCUT2D eigenvalue weighted by Crippen LogP contribution is 2.26. The van der Waals surface area contributed by atoms with Crippen molar-refractivity contribution in [3.8, 4) is 0 Å². The Bertz CT molecular complexity index is 1140. The van der Waals surface area contributed by atoms with Crippen LogP contribution in [-0.2, 0) is 16.4 Å². The third-order valence-electron chi connectivity index (χ3n) is 5.01. The van der Waals surface area contributed by atoms with Gasteiger partial charge in [0.2, 0.25) is 0 Å². The van der Waals surface area contributed by atoms with Crippen LogP contribution in [0.4, 0.5) is 0 Å². The van der Waals surface area contributed by atoms with Crippen molar-refractivity contribution in [1.82, 2.24) is 9.88 Å².